The second kappa shape index (κ2) is 12.5. The van der Waals surface area contributed by atoms with Crippen LogP contribution < -0.4 is 0 Å². The fourth-order valence-corrected chi connectivity index (χ4v) is 7.07. The van der Waals surface area contributed by atoms with Crippen molar-refractivity contribution in [3.63, 3.8) is 0 Å². The first-order valence-electron chi connectivity index (χ1n) is 14.7. The molecule has 4 atom stereocenters. The van der Waals surface area contributed by atoms with Crippen LogP contribution in [0.2, 0.25) is 0 Å². The monoisotopic (exact) mass is 544 g/mol. The number of benzene rings is 1. The number of hydrogen-bond donors (Lipinski definition) is 3. The number of rotatable bonds is 9. The quantitative estimate of drug-likeness (QED) is 0.298. The molecular formula is C33H40N2O5. The Labute approximate surface area is 236 Å². The first-order chi connectivity index (χ1) is 19.4. The van der Waals surface area contributed by atoms with E-state index in [1.165, 1.54) is 4.90 Å². The predicted octanol–water partition coefficient (Wildman–Crippen LogP) is 5.12. The van der Waals surface area contributed by atoms with Crippen molar-refractivity contribution in [3.8, 4) is 5.75 Å². The van der Waals surface area contributed by atoms with Crippen molar-refractivity contribution in [2.24, 2.45) is 17.8 Å². The second-order valence-electron chi connectivity index (χ2n) is 11.4. The summed E-state index contributed by atoms with van der Waals surface area (Å²) < 4.78 is 0. The summed E-state index contributed by atoms with van der Waals surface area (Å²) in [5.41, 5.74) is 4.38. The van der Waals surface area contributed by atoms with Gasteiger partial charge in [-0.2, -0.15) is 0 Å². The molecule has 1 aromatic heterocycles. The number of fused-ring (bicyclic) bond motifs is 1. The van der Waals surface area contributed by atoms with Crippen LogP contribution in [0.5, 0.6) is 5.75 Å². The minimum absolute atomic E-state index is 0.0388. The van der Waals surface area contributed by atoms with E-state index in [1.54, 1.807) is 18.3 Å². The molecule has 212 valence electrons. The lowest BCUT2D eigenvalue weighted by molar-refractivity contribution is -0.143. The molecule has 3 aliphatic rings. The van der Waals surface area contributed by atoms with Crippen molar-refractivity contribution in [1.29, 1.82) is 0 Å². The molecule has 7 heteroatoms. The molecule has 2 heterocycles. The summed E-state index contributed by atoms with van der Waals surface area (Å²) in [6, 6.07) is 12.6. The number of allylic oxidation sites excluding steroid dienone is 2. The van der Waals surface area contributed by atoms with Gasteiger partial charge in [0.05, 0.1) is 30.2 Å². The summed E-state index contributed by atoms with van der Waals surface area (Å²) in [4.78, 5) is 33.3. The Bertz CT molecular complexity index is 1260. The second-order valence-corrected chi connectivity index (χ2v) is 11.4. The van der Waals surface area contributed by atoms with Crippen molar-refractivity contribution in [2.45, 2.75) is 76.9 Å². The lowest BCUT2D eigenvalue weighted by Gasteiger charge is -2.36. The van der Waals surface area contributed by atoms with Gasteiger partial charge in [0.1, 0.15) is 5.75 Å². The molecule has 7 nitrogen and oxygen atoms in total. The number of phenols is 1. The van der Waals surface area contributed by atoms with Gasteiger partial charge in [0.2, 0.25) is 11.8 Å². The predicted molar refractivity (Wildman–Crippen MR) is 154 cm³/mol. The average molecular weight is 545 g/mol. The molecule has 2 aliphatic carbocycles. The van der Waals surface area contributed by atoms with Gasteiger partial charge in [-0.25, -0.2) is 0 Å². The van der Waals surface area contributed by atoms with E-state index in [2.05, 4.69) is 4.98 Å². The van der Waals surface area contributed by atoms with Crippen LogP contribution >= 0.6 is 0 Å². The lowest BCUT2D eigenvalue weighted by atomic mass is 9.67. The minimum atomic E-state index is -0.855. The third kappa shape index (κ3) is 5.63. The minimum Gasteiger partial charge on any atom is -0.508 e. The number of aromatic hydroxyl groups is 1. The van der Waals surface area contributed by atoms with Crippen molar-refractivity contribution in [2.75, 3.05) is 6.61 Å². The zero-order valence-corrected chi connectivity index (χ0v) is 23.2. The number of pyridine rings is 1. The highest BCUT2D eigenvalue weighted by Crippen LogP contribution is 2.48. The zero-order valence-electron chi connectivity index (χ0n) is 23.2. The largest absolute Gasteiger partial charge is 0.508 e. The number of nitrogens with zero attached hydrogens (tertiary/aromatic N) is 2. The first kappa shape index (κ1) is 28.2. The highest BCUT2D eigenvalue weighted by atomic mass is 16.3. The Kier molecular flexibility index (Phi) is 8.81. The number of aromatic nitrogens is 1. The van der Waals surface area contributed by atoms with Crippen LogP contribution in [0.4, 0.5) is 0 Å². The maximum Gasteiger partial charge on any atom is 0.234 e. The molecule has 2 amide bonds. The van der Waals surface area contributed by atoms with E-state index in [-0.39, 0.29) is 30.2 Å². The van der Waals surface area contributed by atoms with E-state index in [4.69, 9.17) is 0 Å². The first-order valence-corrected chi connectivity index (χ1v) is 14.7. The average Bonchev–Trinajstić information content (AvgIpc) is 3.24. The van der Waals surface area contributed by atoms with Gasteiger partial charge in [0.25, 0.3) is 0 Å². The number of imide groups is 1. The molecule has 1 saturated heterocycles. The van der Waals surface area contributed by atoms with Crippen LogP contribution in [0.15, 0.2) is 59.8 Å². The summed E-state index contributed by atoms with van der Waals surface area (Å²) in [5.74, 6) is -1.68. The van der Waals surface area contributed by atoms with Gasteiger partial charge in [0.15, 0.2) is 0 Å². The van der Waals surface area contributed by atoms with Gasteiger partial charge in [-0.05, 0) is 85.6 Å². The Morgan fingerprint density at radius 3 is 2.48 bits per heavy atom. The van der Waals surface area contributed by atoms with Crippen molar-refractivity contribution in [1.82, 2.24) is 9.88 Å². The number of carbonyl (C=O) groups excluding carboxylic acids is 2. The highest BCUT2D eigenvalue weighted by Gasteiger charge is 2.56. The molecule has 2 fully saturated rings. The zero-order chi connectivity index (χ0) is 28.2. The van der Waals surface area contributed by atoms with Crippen LogP contribution in [0.25, 0.3) is 11.6 Å². The molecular weight excluding hydrogens is 504 g/mol. The maximum atomic E-state index is 13.7. The van der Waals surface area contributed by atoms with Gasteiger partial charge in [0, 0.05) is 18.2 Å². The van der Waals surface area contributed by atoms with Gasteiger partial charge in [-0.1, -0.05) is 50.0 Å². The van der Waals surface area contributed by atoms with Gasteiger partial charge in [-0.15, -0.1) is 0 Å². The van der Waals surface area contributed by atoms with Crippen molar-refractivity contribution >= 4 is 23.5 Å². The van der Waals surface area contributed by atoms with E-state index in [0.717, 1.165) is 60.1 Å². The number of amides is 2. The van der Waals surface area contributed by atoms with Gasteiger partial charge >= 0.3 is 0 Å². The Balaban J connectivity index is 1.39. The van der Waals surface area contributed by atoms with Crippen molar-refractivity contribution < 1.29 is 24.9 Å². The molecule has 0 radical (unpaired) electrons. The number of hydrogen-bond acceptors (Lipinski definition) is 6. The normalized spacial score (nSPS) is 24.9. The summed E-state index contributed by atoms with van der Waals surface area (Å²) in [6.07, 6.45) is 9.82. The molecule has 2 aromatic rings. The summed E-state index contributed by atoms with van der Waals surface area (Å²) in [5, 5.41) is 31.9. The van der Waals surface area contributed by atoms with E-state index in [9.17, 15) is 24.9 Å². The number of phenolic OH excluding ortho intramolecular Hbond substituents is 1. The van der Waals surface area contributed by atoms with Crippen LogP contribution in [-0.4, -0.2) is 55.8 Å². The summed E-state index contributed by atoms with van der Waals surface area (Å²) >= 11 is 0. The lowest BCUT2D eigenvalue weighted by Crippen LogP contribution is -2.42. The third-order valence-electron chi connectivity index (χ3n) is 9.06. The van der Waals surface area contributed by atoms with Crippen LogP contribution in [0.1, 0.15) is 76.0 Å². The molecule has 1 saturated carbocycles. The number of aliphatic hydroxyl groups excluding tert-OH is 2. The highest BCUT2D eigenvalue weighted by molar-refractivity contribution is 6.06. The maximum absolute atomic E-state index is 13.7. The molecule has 0 spiro atoms. The molecule has 1 aliphatic heterocycles. The Morgan fingerprint density at radius 2 is 1.82 bits per heavy atom. The Hall–Kier alpha value is -3.29. The van der Waals surface area contributed by atoms with E-state index in [1.807, 2.05) is 43.3 Å². The Morgan fingerprint density at radius 1 is 1.07 bits per heavy atom. The molecule has 1 aromatic carbocycles. The molecule has 0 bridgehead atoms. The van der Waals surface area contributed by atoms with E-state index in [0.29, 0.717) is 25.7 Å². The third-order valence-corrected chi connectivity index (χ3v) is 9.06. The van der Waals surface area contributed by atoms with Crippen LogP contribution in [0.3, 0.4) is 0 Å². The molecule has 0 unspecified atom stereocenters. The fraction of sp³-hybridized carbons (Fsp3) is 0.485. The summed E-state index contributed by atoms with van der Waals surface area (Å²) in [6.45, 7) is 1.74. The number of aliphatic hydroxyl groups is 2. The number of likely N-dealkylation sites (tertiary alicyclic amines) is 1. The van der Waals surface area contributed by atoms with Crippen molar-refractivity contribution in [3.05, 3.63) is 71.1 Å². The molecule has 40 heavy (non-hydrogen) atoms. The van der Waals surface area contributed by atoms with Crippen LogP contribution in [0, 0.1) is 17.8 Å². The van der Waals surface area contributed by atoms with E-state index < -0.39 is 23.9 Å². The van der Waals surface area contributed by atoms with Gasteiger partial charge < -0.3 is 15.3 Å². The van der Waals surface area contributed by atoms with Crippen LogP contribution in [-0.2, 0) is 9.59 Å². The molecule has 5 rings (SSSR count). The standard InChI is InChI=1S/C33H40N2O5/c1-2-22-19-26-31(33(40)35(32(26)39)24-8-4-3-5-9-24)27(20-36)30(22)29(38)16-13-23(28-10-6-7-17-34-28)18-21-11-14-25(37)15-12-21/h6-7,10-12,14-15,17-18,24,26-27,29,31,36-38H,2-5,8-9,13,16,19-20H2,1H3/b23-18-/t26-,27+,29-,31-/m1/s1. The van der Waals surface area contributed by atoms with Gasteiger partial charge in [-0.3, -0.25) is 19.5 Å². The van der Waals surface area contributed by atoms with E-state index >= 15 is 0 Å². The fourth-order valence-electron chi connectivity index (χ4n) is 7.07. The molecule has 3 N–H and O–H groups in total. The smallest absolute Gasteiger partial charge is 0.234 e. The SMILES string of the molecule is CCC1=C([C@H](O)CC/C(=C/c2ccc(O)cc2)c2ccccn2)[C@H](CO)[C@@H]2C(=O)N(C3CCCCC3)C(=O)[C@@H]2C1. The number of carbonyl (C=O) groups is 2. The topological polar surface area (TPSA) is 111 Å². The summed E-state index contributed by atoms with van der Waals surface area (Å²) in [7, 11) is 0.